The van der Waals surface area contributed by atoms with Crippen molar-refractivity contribution in [3.63, 3.8) is 0 Å². The third-order valence-corrected chi connectivity index (χ3v) is 5.54. The van der Waals surface area contributed by atoms with Crippen LogP contribution in [0.4, 0.5) is 0 Å². The van der Waals surface area contributed by atoms with Gasteiger partial charge in [-0.25, -0.2) is 13.4 Å². The monoisotopic (exact) mass is 386 g/mol. The van der Waals surface area contributed by atoms with Crippen LogP contribution in [0.5, 0.6) is 5.88 Å². The summed E-state index contributed by atoms with van der Waals surface area (Å²) in [5.41, 5.74) is 1.08. The van der Waals surface area contributed by atoms with Crippen molar-refractivity contribution >= 4 is 15.7 Å². The minimum Gasteiger partial charge on any atom is -0.481 e. The highest BCUT2D eigenvalue weighted by Gasteiger charge is 2.22. The van der Waals surface area contributed by atoms with Crippen LogP contribution >= 0.6 is 0 Å². The van der Waals surface area contributed by atoms with E-state index in [0.29, 0.717) is 11.4 Å². The highest BCUT2D eigenvalue weighted by molar-refractivity contribution is 7.90. The Morgan fingerprint density at radius 2 is 1.93 bits per heavy atom. The largest absolute Gasteiger partial charge is 0.481 e. The quantitative estimate of drug-likeness (QED) is 0.670. The molecule has 0 fully saturated rings. The molecule has 0 aliphatic carbocycles. The number of nitrogens with zero attached hydrogens (tertiary/aromatic N) is 1. The minimum absolute atomic E-state index is 0.0176. The van der Waals surface area contributed by atoms with E-state index < -0.39 is 15.7 Å². The first-order chi connectivity index (χ1) is 13.0. The van der Waals surface area contributed by atoms with Gasteiger partial charge in [-0.05, 0) is 23.8 Å². The zero-order valence-electron chi connectivity index (χ0n) is 14.6. The van der Waals surface area contributed by atoms with Crippen molar-refractivity contribution < 1.29 is 22.4 Å². The van der Waals surface area contributed by atoms with Crippen molar-refractivity contribution in [2.24, 2.45) is 0 Å². The van der Waals surface area contributed by atoms with E-state index >= 15 is 0 Å². The van der Waals surface area contributed by atoms with E-state index in [1.807, 2.05) is 0 Å². The van der Waals surface area contributed by atoms with Crippen LogP contribution in [0.1, 0.15) is 21.7 Å². The topological polar surface area (TPSA) is 98.5 Å². The molecule has 0 aliphatic heterocycles. The number of methoxy groups -OCH3 is 1. The van der Waals surface area contributed by atoms with E-state index in [4.69, 9.17) is 9.15 Å². The molecule has 3 aromatic rings. The molecule has 27 heavy (non-hydrogen) atoms. The first-order valence-electron chi connectivity index (χ1n) is 8.11. The number of carbonyl (C=O) groups excluding carboxylic acids is 1. The standard InChI is InChI=1S/C19H18N2O5S/c1-25-17-8-7-14(11-20-17)12-21-19(22)18-15(9-10-26-18)13-27(23,24)16-5-3-2-4-6-16/h2-11H,12-13H2,1H3,(H,21,22). The van der Waals surface area contributed by atoms with Gasteiger partial charge in [0.2, 0.25) is 5.88 Å². The molecule has 0 saturated carbocycles. The lowest BCUT2D eigenvalue weighted by Gasteiger charge is -2.07. The van der Waals surface area contributed by atoms with Gasteiger partial charge in [-0.3, -0.25) is 4.79 Å². The van der Waals surface area contributed by atoms with Crippen LogP contribution < -0.4 is 10.1 Å². The molecule has 0 bridgehead atoms. The number of hydrogen-bond acceptors (Lipinski definition) is 6. The molecule has 0 unspecified atom stereocenters. The summed E-state index contributed by atoms with van der Waals surface area (Å²) in [5.74, 6) is -0.352. The van der Waals surface area contributed by atoms with E-state index in [0.717, 1.165) is 5.56 Å². The summed E-state index contributed by atoms with van der Waals surface area (Å²) in [6, 6.07) is 13.0. The van der Waals surface area contributed by atoms with Gasteiger partial charge in [0, 0.05) is 24.4 Å². The summed E-state index contributed by atoms with van der Waals surface area (Å²) < 4.78 is 35.2. The molecular formula is C19H18N2O5S. The molecule has 0 spiro atoms. The Labute approximate surface area is 156 Å². The Bertz CT molecular complexity index is 1010. The van der Waals surface area contributed by atoms with E-state index in [2.05, 4.69) is 10.3 Å². The maximum atomic E-state index is 12.5. The van der Waals surface area contributed by atoms with Crippen LogP contribution in [-0.4, -0.2) is 26.4 Å². The fourth-order valence-corrected chi connectivity index (χ4v) is 3.84. The van der Waals surface area contributed by atoms with Crippen molar-refractivity contribution in [3.05, 3.63) is 77.9 Å². The maximum Gasteiger partial charge on any atom is 0.287 e. The van der Waals surface area contributed by atoms with E-state index in [1.165, 1.54) is 31.6 Å². The molecule has 3 rings (SSSR count). The SMILES string of the molecule is COc1ccc(CNC(=O)c2occc2CS(=O)(=O)c2ccccc2)cn1. The Morgan fingerprint density at radius 1 is 1.15 bits per heavy atom. The number of rotatable bonds is 7. The van der Waals surface area contributed by atoms with Crippen molar-refractivity contribution in [2.75, 3.05) is 7.11 Å². The molecule has 2 heterocycles. The zero-order chi connectivity index (χ0) is 19.3. The second-order valence-corrected chi connectivity index (χ2v) is 7.73. The number of benzene rings is 1. The second-order valence-electron chi connectivity index (χ2n) is 5.74. The highest BCUT2D eigenvalue weighted by atomic mass is 32.2. The van der Waals surface area contributed by atoms with Gasteiger partial charge in [0.05, 0.1) is 24.0 Å². The number of ether oxygens (including phenoxy) is 1. The van der Waals surface area contributed by atoms with Gasteiger partial charge >= 0.3 is 0 Å². The predicted molar refractivity (Wildman–Crippen MR) is 98.0 cm³/mol. The van der Waals surface area contributed by atoms with Crippen LogP contribution in [0, 0.1) is 0 Å². The van der Waals surface area contributed by atoms with Crippen LogP contribution in [-0.2, 0) is 22.1 Å². The van der Waals surface area contributed by atoms with E-state index in [-0.39, 0.29) is 23.0 Å². The molecule has 0 atom stereocenters. The van der Waals surface area contributed by atoms with Crippen LogP contribution in [0.15, 0.2) is 70.3 Å². The molecule has 2 aromatic heterocycles. The molecule has 7 nitrogen and oxygen atoms in total. The number of aromatic nitrogens is 1. The predicted octanol–water partition coefficient (Wildman–Crippen LogP) is 2.59. The Balaban J connectivity index is 1.69. The number of carbonyl (C=O) groups is 1. The molecule has 1 aromatic carbocycles. The fourth-order valence-electron chi connectivity index (χ4n) is 2.46. The Hall–Kier alpha value is -3.13. The summed E-state index contributed by atoms with van der Waals surface area (Å²) in [7, 11) is -2.06. The zero-order valence-corrected chi connectivity index (χ0v) is 15.4. The van der Waals surface area contributed by atoms with Gasteiger partial charge in [0.1, 0.15) is 0 Å². The van der Waals surface area contributed by atoms with E-state index in [1.54, 1.807) is 36.5 Å². The van der Waals surface area contributed by atoms with Crippen molar-refractivity contribution in [3.8, 4) is 5.88 Å². The first-order valence-corrected chi connectivity index (χ1v) is 9.76. The van der Waals surface area contributed by atoms with Gasteiger partial charge in [0.25, 0.3) is 5.91 Å². The lowest BCUT2D eigenvalue weighted by atomic mass is 10.2. The fraction of sp³-hybridized carbons (Fsp3) is 0.158. The molecule has 0 radical (unpaired) electrons. The summed E-state index contributed by atoms with van der Waals surface area (Å²) in [5, 5.41) is 2.70. The number of amides is 1. The van der Waals surface area contributed by atoms with Crippen molar-refractivity contribution in [2.45, 2.75) is 17.2 Å². The third kappa shape index (κ3) is 4.53. The molecule has 0 aliphatic rings. The van der Waals surface area contributed by atoms with E-state index in [9.17, 15) is 13.2 Å². The second kappa shape index (κ2) is 8.05. The average Bonchev–Trinajstić information content (AvgIpc) is 3.14. The first kappa shape index (κ1) is 18.7. The molecule has 140 valence electrons. The van der Waals surface area contributed by atoms with Crippen LogP contribution in [0.25, 0.3) is 0 Å². The van der Waals surface area contributed by atoms with Gasteiger partial charge in [-0.1, -0.05) is 24.3 Å². The summed E-state index contributed by atoms with van der Waals surface area (Å²) in [4.78, 5) is 16.7. The summed E-state index contributed by atoms with van der Waals surface area (Å²) >= 11 is 0. The Kier molecular flexibility index (Phi) is 5.56. The maximum absolute atomic E-state index is 12.5. The molecule has 8 heteroatoms. The Morgan fingerprint density at radius 3 is 2.59 bits per heavy atom. The lowest BCUT2D eigenvalue weighted by Crippen LogP contribution is -2.23. The summed E-state index contributed by atoms with van der Waals surface area (Å²) in [6.07, 6.45) is 2.89. The smallest absolute Gasteiger partial charge is 0.287 e. The summed E-state index contributed by atoms with van der Waals surface area (Å²) in [6.45, 7) is 0.224. The molecule has 1 amide bonds. The molecule has 0 saturated heterocycles. The normalized spacial score (nSPS) is 11.1. The third-order valence-electron chi connectivity index (χ3n) is 3.86. The van der Waals surface area contributed by atoms with Gasteiger partial charge < -0.3 is 14.5 Å². The van der Waals surface area contributed by atoms with Gasteiger partial charge in [-0.15, -0.1) is 0 Å². The van der Waals surface area contributed by atoms with Crippen molar-refractivity contribution in [1.29, 1.82) is 0 Å². The number of nitrogens with one attached hydrogen (secondary N) is 1. The van der Waals surface area contributed by atoms with Gasteiger partial charge in [-0.2, -0.15) is 0 Å². The lowest BCUT2D eigenvalue weighted by molar-refractivity contribution is 0.0922. The number of furan rings is 1. The van der Waals surface area contributed by atoms with Crippen molar-refractivity contribution in [1.82, 2.24) is 10.3 Å². The highest BCUT2D eigenvalue weighted by Crippen LogP contribution is 2.20. The number of sulfone groups is 1. The molecule has 1 N–H and O–H groups in total. The molecular weight excluding hydrogens is 368 g/mol. The number of pyridine rings is 1. The average molecular weight is 386 g/mol. The number of hydrogen-bond donors (Lipinski definition) is 1. The van der Waals surface area contributed by atoms with Crippen LogP contribution in [0.3, 0.4) is 0 Å². The van der Waals surface area contributed by atoms with Gasteiger partial charge in [0.15, 0.2) is 15.6 Å². The van der Waals surface area contributed by atoms with Crippen LogP contribution in [0.2, 0.25) is 0 Å². The minimum atomic E-state index is -3.58.